The number of carbonyl (C=O) groups excluding carboxylic acids is 1. The summed E-state index contributed by atoms with van der Waals surface area (Å²) in [5.41, 5.74) is 3.46. The molecule has 0 bridgehead atoms. The summed E-state index contributed by atoms with van der Waals surface area (Å²) in [5, 5.41) is 16.7. The molecule has 1 amide bonds. The highest BCUT2D eigenvalue weighted by Gasteiger charge is 2.35. The number of H-pyrrole nitrogens is 1. The van der Waals surface area contributed by atoms with E-state index >= 15 is 0 Å². The van der Waals surface area contributed by atoms with Crippen LogP contribution in [0.15, 0.2) is 17.6 Å². The summed E-state index contributed by atoms with van der Waals surface area (Å²) < 4.78 is 0. The van der Waals surface area contributed by atoms with Crippen LogP contribution in [0, 0.1) is 0 Å². The Labute approximate surface area is 202 Å². The maximum Gasteiger partial charge on any atom is 0.248 e. The Bertz CT molecular complexity index is 1170. The molecule has 2 atom stereocenters. The number of hydrogen-bond acceptors (Lipinski definition) is 8. The van der Waals surface area contributed by atoms with Gasteiger partial charge in [-0.1, -0.05) is 19.8 Å². The Morgan fingerprint density at radius 1 is 1.18 bits per heavy atom. The number of fused-ring (bicyclic) bond motifs is 1. The van der Waals surface area contributed by atoms with Crippen LogP contribution in [0.1, 0.15) is 80.7 Å². The lowest BCUT2D eigenvalue weighted by molar-refractivity contribution is -0.117. The third-order valence-corrected chi connectivity index (χ3v) is 8.12. The van der Waals surface area contributed by atoms with E-state index in [4.69, 9.17) is 9.97 Å². The van der Waals surface area contributed by atoms with Crippen molar-refractivity contribution >= 4 is 40.0 Å². The average Bonchev–Trinajstić information content (AvgIpc) is 3.65. The summed E-state index contributed by atoms with van der Waals surface area (Å²) in [4.78, 5) is 29.2. The van der Waals surface area contributed by atoms with Gasteiger partial charge >= 0.3 is 0 Å². The molecule has 3 aromatic rings. The molecule has 0 aromatic carbocycles. The predicted molar refractivity (Wildman–Crippen MR) is 133 cm³/mol. The minimum absolute atomic E-state index is 0.0482. The zero-order valence-corrected chi connectivity index (χ0v) is 20.2. The molecule has 3 aliphatic rings. The molecule has 34 heavy (non-hydrogen) atoms. The summed E-state index contributed by atoms with van der Waals surface area (Å²) in [6, 6.07) is 1.83. The minimum atomic E-state index is -0.298. The van der Waals surface area contributed by atoms with Crippen molar-refractivity contribution in [3.8, 4) is 0 Å². The van der Waals surface area contributed by atoms with Crippen LogP contribution in [0.4, 0.5) is 22.7 Å². The molecule has 0 spiro atoms. The number of rotatable bonds is 6. The van der Waals surface area contributed by atoms with Crippen LogP contribution in [0.5, 0.6) is 0 Å². The fourth-order valence-corrected chi connectivity index (χ4v) is 6.18. The summed E-state index contributed by atoms with van der Waals surface area (Å²) in [7, 11) is 0. The smallest absolute Gasteiger partial charge is 0.248 e. The number of anilines is 4. The first-order valence-corrected chi connectivity index (χ1v) is 13.2. The van der Waals surface area contributed by atoms with E-state index in [-0.39, 0.29) is 11.9 Å². The zero-order valence-electron chi connectivity index (χ0n) is 19.4. The fourth-order valence-electron chi connectivity index (χ4n) is 5.65. The number of nitrogens with one attached hydrogen (secondary N) is 3. The van der Waals surface area contributed by atoms with E-state index < -0.39 is 0 Å². The van der Waals surface area contributed by atoms with E-state index in [0.717, 1.165) is 49.6 Å². The van der Waals surface area contributed by atoms with Gasteiger partial charge in [0.2, 0.25) is 11.9 Å². The third-order valence-electron chi connectivity index (χ3n) is 7.43. The van der Waals surface area contributed by atoms with Gasteiger partial charge in [0.1, 0.15) is 11.9 Å². The molecule has 1 saturated carbocycles. The van der Waals surface area contributed by atoms with E-state index in [1.807, 2.05) is 10.3 Å². The summed E-state index contributed by atoms with van der Waals surface area (Å²) in [5.74, 6) is 3.16. The van der Waals surface area contributed by atoms with Crippen molar-refractivity contribution in [2.24, 2.45) is 0 Å². The number of hydrogen-bond donors (Lipinski definition) is 3. The van der Waals surface area contributed by atoms with Crippen molar-refractivity contribution < 1.29 is 4.79 Å². The maximum absolute atomic E-state index is 13.0. The van der Waals surface area contributed by atoms with Gasteiger partial charge in [0.15, 0.2) is 10.9 Å². The number of amides is 1. The number of carbonyl (C=O) groups is 1. The second-order valence-corrected chi connectivity index (χ2v) is 10.6. The molecule has 9 nitrogen and oxygen atoms in total. The zero-order chi connectivity index (χ0) is 23.1. The normalized spacial score (nSPS) is 22.3. The van der Waals surface area contributed by atoms with E-state index in [9.17, 15) is 4.79 Å². The number of aromatic nitrogens is 5. The van der Waals surface area contributed by atoms with E-state index in [1.54, 1.807) is 6.20 Å². The van der Waals surface area contributed by atoms with Crippen molar-refractivity contribution in [1.82, 2.24) is 25.1 Å². The first-order chi connectivity index (χ1) is 16.7. The molecule has 0 unspecified atom stereocenters. The fraction of sp³-hybridized carbons (Fsp3) is 0.542. The third kappa shape index (κ3) is 4.04. The Hall–Kier alpha value is -3.01. The number of aryl methyl sites for hydroxylation is 1. The second-order valence-electron chi connectivity index (χ2n) is 9.67. The largest absolute Gasteiger partial charge is 0.329 e. The first-order valence-electron chi connectivity index (χ1n) is 12.4. The van der Waals surface area contributed by atoms with Gasteiger partial charge in [0.05, 0.1) is 5.69 Å². The molecule has 0 radical (unpaired) electrons. The minimum Gasteiger partial charge on any atom is -0.329 e. The number of thiazole rings is 1. The predicted octanol–water partition coefficient (Wildman–Crippen LogP) is 4.71. The molecule has 1 saturated heterocycles. The van der Waals surface area contributed by atoms with Crippen molar-refractivity contribution in [3.63, 3.8) is 0 Å². The van der Waals surface area contributed by atoms with E-state index in [2.05, 4.69) is 38.8 Å². The van der Waals surface area contributed by atoms with Gasteiger partial charge in [-0.05, 0) is 44.4 Å². The van der Waals surface area contributed by atoms with Crippen LogP contribution in [0.3, 0.4) is 0 Å². The molecular formula is C24H30N8OS. The number of nitrogens with zero attached hydrogens (tertiary/aromatic N) is 5. The molecule has 1 aliphatic heterocycles. The highest BCUT2D eigenvalue weighted by Crippen LogP contribution is 2.40. The lowest BCUT2D eigenvalue weighted by atomic mass is 10.0. The Morgan fingerprint density at radius 2 is 2.06 bits per heavy atom. The SMILES string of the molecule is C[C@@H]1CCc2nc(N3CCC[C@H]3C(=O)Nc3nccs3)nc(Nc3cc(C4CCCC4)[nH]n3)c21. The molecule has 10 heteroatoms. The molecular weight excluding hydrogens is 448 g/mol. The van der Waals surface area contributed by atoms with E-state index in [0.29, 0.717) is 22.9 Å². The highest BCUT2D eigenvalue weighted by atomic mass is 32.1. The summed E-state index contributed by atoms with van der Waals surface area (Å²) in [6.45, 7) is 2.99. The Kier molecular flexibility index (Phi) is 5.68. The van der Waals surface area contributed by atoms with Crippen LogP contribution in [0.25, 0.3) is 0 Å². The quantitative estimate of drug-likeness (QED) is 0.470. The average molecular weight is 479 g/mol. The lowest BCUT2D eigenvalue weighted by Gasteiger charge is -2.25. The van der Waals surface area contributed by atoms with Crippen molar-refractivity contribution in [3.05, 3.63) is 34.6 Å². The van der Waals surface area contributed by atoms with Crippen LogP contribution >= 0.6 is 11.3 Å². The highest BCUT2D eigenvalue weighted by molar-refractivity contribution is 7.13. The second kappa shape index (κ2) is 8.98. The monoisotopic (exact) mass is 478 g/mol. The number of aromatic amines is 1. The van der Waals surface area contributed by atoms with Gasteiger partial charge in [0, 0.05) is 41.4 Å². The van der Waals surface area contributed by atoms with Gasteiger partial charge in [-0.15, -0.1) is 11.3 Å². The molecule has 4 heterocycles. The molecule has 3 N–H and O–H groups in total. The van der Waals surface area contributed by atoms with Crippen LogP contribution in [-0.2, 0) is 11.2 Å². The molecule has 3 aromatic heterocycles. The summed E-state index contributed by atoms with van der Waals surface area (Å²) in [6.07, 6.45) is 10.4. The topological polar surface area (TPSA) is 112 Å². The molecule has 6 rings (SSSR count). The molecule has 2 aliphatic carbocycles. The molecule has 178 valence electrons. The van der Waals surface area contributed by atoms with Crippen LogP contribution < -0.4 is 15.5 Å². The van der Waals surface area contributed by atoms with Crippen molar-refractivity contribution in [2.45, 2.75) is 76.2 Å². The van der Waals surface area contributed by atoms with Crippen LogP contribution in [-0.4, -0.2) is 43.6 Å². The van der Waals surface area contributed by atoms with Crippen molar-refractivity contribution in [2.75, 3.05) is 22.1 Å². The summed E-state index contributed by atoms with van der Waals surface area (Å²) >= 11 is 1.43. The Balaban J connectivity index is 1.28. The van der Waals surface area contributed by atoms with Gasteiger partial charge in [-0.3, -0.25) is 9.89 Å². The van der Waals surface area contributed by atoms with Gasteiger partial charge in [0.25, 0.3) is 0 Å². The van der Waals surface area contributed by atoms with Gasteiger partial charge in [-0.25, -0.2) is 9.97 Å². The van der Waals surface area contributed by atoms with E-state index in [1.165, 1.54) is 48.3 Å². The molecule has 2 fully saturated rings. The lowest BCUT2D eigenvalue weighted by Crippen LogP contribution is -2.40. The maximum atomic E-state index is 13.0. The van der Waals surface area contributed by atoms with Gasteiger partial charge in [-0.2, -0.15) is 10.1 Å². The van der Waals surface area contributed by atoms with Gasteiger partial charge < -0.3 is 15.5 Å². The Morgan fingerprint density at radius 3 is 2.88 bits per heavy atom. The standard InChI is InChI=1S/C24H30N8OS/c1-14-8-9-16-20(14)21(27-19-13-17(30-31-19)15-5-2-3-6-15)28-23(26-16)32-11-4-7-18(32)22(33)29-24-25-10-12-34-24/h10,12-15,18H,2-9,11H2,1H3,(H,25,29,33)(H2,26,27,28,30,31)/t14-,18+/m1/s1. The van der Waals surface area contributed by atoms with Crippen molar-refractivity contribution in [1.29, 1.82) is 0 Å². The first kappa shape index (κ1) is 21.5. The van der Waals surface area contributed by atoms with Crippen LogP contribution in [0.2, 0.25) is 0 Å².